The standard InChI is InChI=1S/C17H12NO4P/c19-23(20,22-12-6-2-1-3-7-12)16-11-10-15-17(18-16)13-8-4-5-9-14(13)21-15/h1-11H,(H,19,20). The number of nitrogens with zero attached hydrogens (tertiary/aromatic N) is 1. The first kappa shape index (κ1) is 14.0. The van der Waals surface area contributed by atoms with Crippen molar-refractivity contribution in [1.29, 1.82) is 0 Å². The van der Waals surface area contributed by atoms with Gasteiger partial charge in [0, 0.05) is 5.39 Å². The summed E-state index contributed by atoms with van der Waals surface area (Å²) in [5, 5.41) is 0.795. The van der Waals surface area contributed by atoms with E-state index in [1.54, 1.807) is 36.4 Å². The maximum Gasteiger partial charge on any atom is 0.426 e. The topological polar surface area (TPSA) is 72.6 Å². The van der Waals surface area contributed by atoms with Gasteiger partial charge in [0.2, 0.25) is 0 Å². The van der Waals surface area contributed by atoms with Crippen LogP contribution in [0.25, 0.3) is 22.1 Å². The van der Waals surface area contributed by atoms with Crippen LogP contribution in [0, 0.1) is 0 Å². The molecule has 1 N–H and O–H groups in total. The van der Waals surface area contributed by atoms with Gasteiger partial charge in [0.05, 0.1) is 0 Å². The van der Waals surface area contributed by atoms with E-state index in [0.717, 1.165) is 5.39 Å². The van der Waals surface area contributed by atoms with E-state index in [1.165, 1.54) is 6.07 Å². The number of furan rings is 1. The highest BCUT2D eigenvalue weighted by atomic mass is 31.2. The molecule has 23 heavy (non-hydrogen) atoms. The first-order valence-corrected chi connectivity index (χ1v) is 8.57. The van der Waals surface area contributed by atoms with E-state index in [0.29, 0.717) is 22.4 Å². The average Bonchev–Trinajstić information content (AvgIpc) is 2.93. The average molecular weight is 325 g/mol. The van der Waals surface area contributed by atoms with E-state index in [1.807, 2.05) is 24.3 Å². The van der Waals surface area contributed by atoms with Gasteiger partial charge in [0.25, 0.3) is 0 Å². The second-order valence-corrected chi connectivity index (χ2v) is 6.72. The third-order valence-corrected chi connectivity index (χ3v) is 4.75. The molecular formula is C17H12NO4P. The molecule has 0 saturated heterocycles. The van der Waals surface area contributed by atoms with Crippen LogP contribution < -0.4 is 9.96 Å². The lowest BCUT2D eigenvalue weighted by Gasteiger charge is -2.12. The highest BCUT2D eigenvalue weighted by Crippen LogP contribution is 2.41. The molecule has 0 spiro atoms. The molecule has 4 rings (SSSR count). The molecule has 0 aliphatic carbocycles. The van der Waals surface area contributed by atoms with E-state index in [2.05, 4.69) is 4.98 Å². The van der Waals surface area contributed by atoms with Gasteiger partial charge < -0.3 is 13.8 Å². The van der Waals surface area contributed by atoms with Gasteiger partial charge in [0.1, 0.15) is 16.8 Å². The fraction of sp³-hybridized carbons (Fsp3) is 0. The minimum Gasteiger partial charge on any atom is -0.454 e. The zero-order valence-corrected chi connectivity index (χ0v) is 12.8. The molecule has 4 aromatic rings. The smallest absolute Gasteiger partial charge is 0.426 e. The fourth-order valence-electron chi connectivity index (χ4n) is 2.41. The van der Waals surface area contributed by atoms with E-state index in [4.69, 9.17) is 8.94 Å². The summed E-state index contributed by atoms with van der Waals surface area (Å²) >= 11 is 0. The van der Waals surface area contributed by atoms with Gasteiger partial charge in [-0.15, -0.1) is 0 Å². The fourth-order valence-corrected chi connectivity index (χ4v) is 3.40. The molecule has 0 aliphatic rings. The molecule has 0 saturated carbocycles. The largest absolute Gasteiger partial charge is 0.454 e. The Bertz CT molecular complexity index is 1040. The number of hydrogen-bond donors (Lipinski definition) is 1. The van der Waals surface area contributed by atoms with Crippen molar-refractivity contribution < 1.29 is 18.4 Å². The molecule has 1 unspecified atom stereocenters. The van der Waals surface area contributed by atoms with Gasteiger partial charge in [-0.2, -0.15) is 0 Å². The Hall–Kier alpha value is -2.62. The molecule has 0 fully saturated rings. The van der Waals surface area contributed by atoms with Gasteiger partial charge in [-0.05, 0) is 36.4 Å². The zero-order valence-electron chi connectivity index (χ0n) is 11.9. The highest BCUT2D eigenvalue weighted by molar-refractivity contribution is 7.61. The summed E-state index contributed by atoms with van der Waals surface area (Å²) in [5.41, 5.74) is 1.78. The Morgan fingerprint density at radius 2 is 1.65 bits per heavy atom. The van der Waals surface area contributed by atoms with Crippen molar-refractivity contribution in [3.63, 3.8) is 0 Å². The van der Waals surface area contributed by atoms with Crippen LogP contribution in [0.4, 0.5) is 0 Å². The molecule has 0 bridgehead atoms. The third kappa shape index (κ3) is 2.50. The summed E-state index contributed by atoms with van der Waals surface area (Å²) in [4.78, 5) is 14.5. The Morgan fingerprint density at radius 3 is 2.48 bits per heavy atom. The molecule has 1 atom stereocenters. The van der Waals surface area contributed by atoms with Crippen LogP contribution in [-0.4, -0.2) is 9.88 Å². The third-order valence-electron chi connectivity index (χ3n) is 3.47. The molecule has 6 heteroatoms. The Kier molecular flexibility index (Phi) is 3.18. The second-order valence-electron chi connectivity index (χ2n) is 5.04. The van der Waals surface area contributed by atoms with Gasteiger partial charge in [0.15, 0.2) is 11.0 Å². The Balaban J connectivity index is 1.81. The van der Waals surface area contributed by atoms with Crippen molar-refractivity contribution in [2.75, 3.05) is 0 Å². The summed E-state index contributed by atoms with van der Waals surface area (Å²) in [7, 11) is -4.08. The molecule has 2 aromatic heterocycles. The minimum absolute atomic E-state index is 0.0135. The minimum atomic E-state index is -4.08. The lowest BCUT2D eigenvalue weighted by molar-refractivity contribution is 0.392. The first-order chi connectivity index (χ1) is 11.1. The number of benzene rings is 2. The van der Waals surface area contributed by atoms with Crippen LogP contribution >= 0.6 is 7.60 Å². The Morgan fingerprint density at radius 1 is 0.913 bits per heavy atom. The quantitative estimate of drug-likeness (QED) is 0.579. The van der Waals surface area contributed by atoms with Crippen LogP contribution in [0.1, 0.15) is 0 Å². The van der Waals surface area contributed by atoms with Crippen molar-refractivity contribution in [1.82, 2.24) is 4.98 Å². The number of pyridine rings is 1. The molecular weight excluding hydrogens is 313 g/mol. The van der Waals surface area contributed by atoms with Crippen molar-refractivity contribution in [2.45, 2.75) is 0 Å². The number of aromatic nitrogens is 1. The number of fused-ring (bicyclic) bond motifs is 3. The molecule has 114 valence electrons. The van der Waals surface area contributed by atoms with E-state index in [-0.39, 0.29) is 5.44 Å². The summed E-state index contributed by atoms with van der Waals surface area (Å²) in [6, 6.07) is 19.0. The number of rotatable bonds is 3. The van der Waals surface area contributed by atoms with E-state index < -0.39 is 7.60 Å². The summed E-state index contributed by atoms with van der Waals surface area (Å²) < 4.78 is 23.4. The lowest BCUT2D eigenvalue weighted by atomic mass is 10.2. The van der Waals surface area contributed by atoms with Crippen LogP contribution in [0.2, 0.25) is 0 Å². The van der Waals surface area contributed by atoms with E-state index in [9.17, 15) is 9.46 Å². The highest BCUT2D eigenvalue weighted by Gasteiger charge is 2.27. The van der Waals surface area contributed by atoms with Crippen LogP contribution in [0.15, 0.2) is 71.1 Å². The van der Waals surface area contributed by atoms with Gasteiger partial charge >= 0.3 is 7.60 Å². The molecule has 0 amide bonds. The SMILES string of the molecule is O=P(O)(Oc1ccccc1)c1ccc2oc3ccccc3c2n1. The first-order valence-electron chi connectivity index (χ1n) is 7.00. The summed E-state index contributed by atoms with van der Waals surface area (Å²) in [6.45, 7) is 0. The maximum atomic E-state index is 12.5. The van der Waals surface area contributed by atoms with Crippen LogP contribution in [-0.2, 0) is 4.57 Å². The number of para-hydroxylation sites is 2. The molecule has 5 nitrogen and oxygen atoms in total. The number of hydrogen-bond acceptors (Lipinski definition) is 4. The van der Waals surface area contributed by atoms with Crippen molar-refractivity contribution in [3.05, 3.63) is 66.7 Å². The van der Waals surface area contributed by atoms with Gasteiger partial charge in [-0.3, -0.25) is 0 Å². The second kappa shape index (κ2) is 5.23. The van der Waals surface area contributed by atoms with Crippen molar-refractivity contribution >= 4 is 35.1 Å². The van der Waals surface area contributed by atoms with Crippen LogP contribution in [0.3, 0.4) is 0 Å². The zero-order chi connectivity index (χ0) is 15.9. The molecule has 0 aliphatic heterocycles. The predicted molar refractivity (Wildman–Crippen MR) is 88.0 cm³/mol. The van der Waals surface area contributed by atoms with Crippen molar-refractivity contribution in [2.24, 2.45) is 0 Å². The predicted octanol–water partition coefficient (Wildman–Crippen LogP) is 3.87. The Labute approximate surface area is 131 Å². The molecule has 2 aromatic carbocycles. The van der Waals surface area contributed by atoms with E-state index >= 15 is 0 Å². The van der Waals surface area contributed by atoms with Crippen molar-refractivity contribution in [3.8, 4) is 5.75 Å². The monoisotopic (exact) mass is 325 g/mol. The summed E-state index contributed by atoms with van der Waals surface area (Å²) in [5.74, 6) is 0.317. The molecule has 2 heterocycles. The maximum absolute atomic E-state index is 12.5. The van der Waals surface area contributed by atoms with Gasteiger partial charge in [-0.1, -0.05) is 30.3 Å². The van der Waals surface area contributed by atoms with Crippen LogP contribution in [0.5, 0.6) is 5.75 Å². The lowest BCUT2D eigenvalue weighted by Crippen LogP contribution is -2.12. The van der Waals surface area contributed by atoms with Gasteiger partial charge in [-0.25, -0.2) is 9.55 Å². The summed E-state index contributed by atoms with van der Waals surface area (Å²) in [6.07, 6.45) is 0. The normalized spacial score (nSPS) is 14.0. The molecule has 0 radical (unpaired) electrons.